The van der Waals surface area contributed by atoms with Crippen molar-refractivity contribution in [3.05, 3.63) is 102 Å². The average molecular weight is 479 g/mol. The van der Waals surface area contributed by atoms with E-state index in [4.69, 9.17) is 14.7 Å². The molecule has 6 nitrogen and oxygen atoms in total. The van der Waals surface area contributed by atoms with E-state index in [1.54, 1.807) is 0 Å². The van der Waals surface area contributed by atoms with E-state index < -0.39 is 5.60 Å². The number of carbonyl (C=O) groups excluding carboxylic acids is 1. The van der Waals surface area contributed by atoms with E-state index in [0.29, 0.717) is 5.95 Å². The van der Waals surface area contributed by atoms with Gasteiger partial charge in [-0.1, -0.05) is 72.8 Å². The van der Waals surface area contributed by atoms with Crippen LogP contribution in [0.4, 0.5) is 17.5 Å². The van der Waals surface area contributed by atoms with E-state index in [-0.39, 0.29) is 12.0 Å². The molecule has 1 atom stereocenters. The molecule has 5 rings (SSSR count). The summed E-state index contributed by atoms with van der Waals surface area (Å²) in [7, 11) is 0. The second kappa shape index (κ2) is 10.2. The highest BCUT2D eigenvalue weighted by Gasteiger charge is 2.41. The van der Waals surface area contributed by atoms with Gasteiger partial charge in [-0.3, -0.25) is 4.79 Å². The van der Waals surface area contributed by atoms with Crippen LogP contribution in [-0.4, -0.2) is 15.9 Å². The van der Waals surface area contributed by atoms with E-state index in [1.165, 1.54) is 12.5 Å². The molecule has 0 aliphatic heterocycles. The number of aromatic nitrogens is 2. The molecular formula is C30H30N4O2. The van der Waals surface area contributed by atoms with Crippen molar-refractivity contribution in [2.45, 2.75) is 44.8 Å². The summed E-state index contributed by atoms with van der Waals surface area (Å²) in [6, 6.07) is 30.4. The van der Waals surface area contributed by atoms with Gasteiger partial charge in [0.05, 0.1) is 5.69 Å². The fourth-order valence-electron chi connectivity index (χ4n) is 4.59. The number of esters is 1. The Morgan fingerprint density at radius 2 is 1.58 bits per heavy atom. The largest absolute Gasteiger partial charge is 0.454 e. The van der Waals surface area contributed by atoms with Gasteiger partial charge in [0.2, 0.25) is 5.95 Å². The van der Waals surface area contributed by atoms with Gasteiger partial charge in [-0.05, 0) is 49.4 Å². The van der Waals surface area contributed by atoms with Crippen LogP contribution in [0.1, 0.15) is 50.3 Å². The maximum absolute atomic E-state index is 11.6. The minimum Gasteiger partial charge on any atom is -0.454 e. The van der Waals surface area contributed by atoms with Crippen LogP contribution < -0.4 is 10.6 Å². The molecule has 182 valence electrons. The molecule has 4 aromatic rings. The van der Waals surface area contributed by atoms with E-state index in [2.05, 4.69) is 29.7 Å². The molecule has 0 saturated heterocycles. The van der Waals surface area contributed by atoms with Gasteiger partial charge in [0.15, 0.2) is 0 Å². The van der Waals surface area contributed by atoms with Crippen LogP contribution in [0.5, 0.6) is 0 Å². The number of nitrogens with one attached hydrogen (secondary N) is 2. The maximum Gasteiger partial charge on any atom is 0.303 e. The first-order valence-corrected chi connectivity index (χ1v) is 12.3. The Hall–Kier alpha value is -4.19. The van der Waals surface area contributed by atoms with Gasteiger partial charge in [0, 0.05) is 30.3 Å². The minimum atomic E-state index is -0.487. The minimum absolute atomic E-state index is 0.0804. The van der Waals surface area contributed by atoms with E-state index in [0.717, 1.165) is 47.6 Å². The van der Waals surface area contributed by atoms with Crippen molar-refractivity contribution in [1.29, 1.82) is 0 Å². The maximum atomic E-state index is 11.6. The normalized spacial score (nSPS) is 14.8. The first-order valence-electron chi connectivity index (χ1n) is 12.3. The molecule has 0 amide bonds. The molecule has 1 saturated carbocycles. The number of hydrogen-bond donors (Lipinski definition) is 2. The van der Waals surface area contributed by atoms with Gasteiger partial charge >= 0.3 is 5.97 Å². The Bertz CT molecular complexity index is 1320. The number of hydrogen-bond acceptors (Lipinski definition) is 6. The number of ether oxygens (including phenoxy) is 1. The lowest BCUT2D eigenvalue weighted by Crippen LogP contribution is -2.38. The highest BCUT2D eigenvalue weighted by molar-refractivity contribution is 5.68. The van der Waals surface area contributed by atoms with E-state index >= 15 is 0 Å². The predicted octanol–water partition coefficient (Wildman–Crippen LogP) is 7.00. The summed E-state index contributed by atoms with van der Waals surface area (Å²) in [4.78, 5) is 21.2. The first kappa shape index (κ1) is 23.5. The fraction of sp³-hybridized carbons (Fsp3) is 0.233. The predicted molar refractivity (Wildman–Crippen MR) is 143 cm³/mol. The van der Waals surface area contributed by atoms with Crippen LogP contribution in [0, 0.1) is 0 Å². The van der Waals surface area contributed by atoms with Crippen LogP contribution >= 0.6 is 0 Å². The van der Waals surface area contributed by atoms with Crippen molar-refractivity contribution in [2.24, 2.45) is 0 Å². The van der Waals surface area contributed by atoms with Crippen molar-refractivity contribution in [1.82, 2.24) is 9.97 Å². The Morgan fingerprint density at radius 3 is 2.19 bits per heavy atom. The van der Waals surface area contributed by atoms with Gasteiger partial charge < -0.3 is 15.4 Å². The van der Waals surface area contributed by atoms with Crippen LogP contribution in [0.3, 0.4) is 0 Å². The topological polar surface area (TPSA) is 76.1 Å². The van der Waals surface area contributed by atoms with Crippen LogP contribution in [-0.2, 0) is 15.1 Å². The highest BCUT2D eigenvalue weighted by atomic mass is 16.6. The summed E-state index contributed by atoms with van der Waals surface area (Å²) in [5.41, 5.74) is 4.42. The molecule has 0 bridgehead atoms. The number of rotatable bonds is 8. The number of anilines is 3. The van der Waals surface area contributed by atoms with Crippen molar-refractivity contribution in [3.8, 4) is 11.3 Å². The third-order valence-electron chi connectivity index (χ3n) is 6.63. The van der Waals surface area contributed by atoms with Crippen molar-refractivity contribution >= 4 is 23.4 Å². The summed E-state index contributed by atoms with van der Waals surface area (Å²) < 4.78 is 5.68. The van der Waals surface area contributed by atoms with E-state index in [9.17, 15) is 4.79 Å². The summed E-state index contributed by atoms with van der Waals surface area (Å²) in [5, 5.41) is 6.87. The molecule has 0 unspecified atom stereocenters. The van der Waals surface area contributed by atoms with Crippen LogP contribution in [0.25, 0.3) is 11.3 Å². The molecule has 0 radical (unpaired) electrons. The second-order valence-corrected chi connectivity index (χ2v) is 9.25. The Labute approximate surface area is 211 Å². The molecule has 1 heterocycles. The van der Waals surface area contributed by atoms with Crippen molar-refractivity contribution in [2.75, 3.05) is 10.6 Å². The smallest absolute Gasteiger partial charge is 0.303 e. The Morgan fingerprint density at radius 1 is 0.917 bits per heavy atom. The molecule has 36 heavy (non-hydrogen) atoms. The summed E-state index contributed by atoms with van der Waals surface area (Å²) in [5.74, 6) is 1.00. The van der Waals surface area contributed by atoms with Gasteiger partial charge in [-0.15, -0.1) is 0 Å². The molecule has 1 aromatic heterocycles. The summed E-state index contributed by atoms with van der Waals surface area (Å²) in [6.45, 7) is 3.59. The molecule has 2 N–H and O–H groups in total. The summed E-state index contributed by atoms with van der Waals surface area (Å²) in [6.07, 6.45) is 2.77. The zero-order chi connectivity index (χ0) is 25.0. The standard InChI is InChI=1S/C30H30N4O2/c1-21(23-10-5-3-6-11-23)31-28-20-27(24-12-7-4-8-13-24)33-29(34-28)32-26-16-14-25(15-17-26)30(18-9-19-30)36-22(2)35/h3-8,10-17,20-21H,9,18-19H2,1-2H3,(H2,31,32,33,34)/t21-/m0/s1. The van der Waals surface area contributed by atoms with Crippen LogP contribution in [0.2, 0.25) is 0 Å². The third kappa shape index (κ3) is 5.23. The molecule has 1 fully saturated rings. The fourth-order valence-corrected chi connectivity index (χ4v) is 4.59. The zero-order valence-corrected chi connectivity index (χ0v) is 20.6. The van der Waals surface area contributed by atoms with Crippen molar-refractivity contribution in [3.63, 3.8) is 0 Å². The van der Waals surface area contributed by atoms with Gasteiger partial charge in [-0.2, -0.15) is 4.98 Å². The van der Waals surface area contributed by atoms with Gasteiger partial charge in [0.1, 0.15) is 11.4 Å². The van der Waals surface area contributed by atoms with Crippen LogP contribution in [0.15, 0.2) is 91.0 Å². The molecule has 6 heteroatoms. The number of benzene rings is 3. The number of carbonyl (C=O) groups is 1. The summed E-state index contributed by atoms with van der Waals surface area (Å²) >= 11 is 0. The number of nitrogens with zero attached hydrogens (tertiary/aromatic N) is 2. The monoisotopic (exact) mass is 478 g/mol. The van der Waals surface area contributed by atoms with Gasteiger partial charge in [-0.25, -0.2) is 4.98 Å². The lowest BCUT2D eigenvalue weighted by atomic mass is 9.75. The molecular weight excluding hydrogens is 448 g/mol. The lowest BCUT2D eigenvalue weighted by molar-refractivity contribution is -0.168. The lowest BCUT2D eigenvalue weighted by Gasteiger charge is -2.41. The molecule has 1 aliphatic rings. The van der Waals surface area contributed by atoms with E-state index in [1.807, 2.05) is 78.9 Å². The molecule has 3 aromatic carbocycles. The second-order valence-electron chi connectivity index (χ2n) is 9.25. The first-order chi connectivity index (χ1) is 17.5. The zero-order valence-electron chi connectivity index (χ0n) is 20.6. The quantitative estimate of drug-likeness (QED) is 0.266. The van der Waals surface area contributed by atoms with Gasteiger partial charge in [0.25, 0.3) is 0 Å². The molecule has 0 spiro atoms. The highest BCUT2D eigenvalue weighted by Crippen LogP contribution is 2.45. The van der Waals surface area contributed by atoms with Crippen molar-refractivity contribution < 1.29 is 9.53 Å². The third-order valence-corrected chi connectivity index (χ3v) is 6.63. The SMILES string of the molecule is CC(=O)OC1(c2ccc(Nc3nc(N[C@@H](C)c4ccccc4)cc(-c4ccccc4)n3)cc2)CCC1. The Balaban J connectivity index is 1.41. The molecule has 1 aliphatic carbocycles. The Kier molecular flexibility index (Phi) is 6.67. The average Bonchev–Trinajstić information content (AvgIpc) is 2.87.